The number of nitrogens with two attached hydrogens (primary N) is 1. The zero-order valence-electron chi connectivity index (χ0n) is 12.9. The summed E-state index contributed by atoms with van der Waals surface area (Å²) < 4.78 is 0. The molecule has 2 aromatic rings. The quantitative estimate of drug-likeness (QED) is 0.938. The van der Waals surface area contributed by atoms with Crippen molar-refractivity contribution < 1.29 is 4.79 Å². The summed E-state index contributed by atoms with van der Waals surface area (Å²) in [6.07, 6.45) is 0. The van der Waals surface area contributed by atoms with E-state index in [9.17, 15) is 4.79 Å². The molecular weight excluding hydrogens is 310 g/mol. The third-order valence-electron chi connectivity index (χ3n) is 4.24. The first kappa shape index (κ1) is 15.8. The van der Waals surface area contributed by atoms with Crippen LogP contribution < -0.4 is 10.6 Å². The second kappa shape index (κ2) is 7.02. The number of carbonyl (C=O) groups is 1. The highest BCUT2D eigenvalue weighted by atomic mass is 35.5. The van der Waals surface area contributed by atoms with Crippen LogP contribution in [-0.2, 0) is 4.79 Å². The van der Waals surface area contributed by atoms with Gasteiger partial charge in [-0.3, -0.25) is 9.69 Å². The number of nitrogens with zero attached hydrogens (tertiary/aromatic N) is 2. The fraction of sp³-hybridized carbons (Fsp3) is 0.278. The molecule has 1 amide bonds. The lowest BCUT2D eigenvalue weighted by molar-refractivity contribution is -0.123. The molecular formula is C18H20ClN3O. The van der Waals surface area contributed by atoms with Crippen LogP contribution in [0.2, 0.25) is 5.02 Å². The van der Waals surface area contributed by atoms with Gasteiger partial charge in [-0.25, -0.2) is 0 Å². The summed E-state index contributed by atoms with van der Waals surface area (Å²) in [4.78, 5) is 16.4. The van der Waals surface area contributed by atoms with E-state index in [0.29, 0.717) is 0 Å². The number of anilines is 1. The summed E-state index contributed by atoms with van der Waals surface area (Å²) in [5, 5.41) is 0.740. The van der Waals surface area contributed by atoms with E-state index in [1.165, 1.54) is 0 Å². The first-order valence-corrected chi connectivity index (χ1v) is 8.12. The number of carbonyl (C=O) groups excluding carboxylic acids is 1. The van der Waals surface area contributed by atoms with Crippen molar-refractivity contribution >= 4 is 23.2 Å². The van der Waals surface area contributed by atoms with Crippen LogP contribution in [-0.4, -0.2) is 37.0 Å². The van der Waals surface area contributed by atoms with Crippen molar-refractivity contribution in [3.05, 3.63) is 65.2 Å². The number of amides is 1. The van der Waals surface area contributed by atoms with Gasteiger partial charge in [-0.1, -0.05) is 48.0 Å². The van der Waals surface area contributed by atoms with Crippen molar-refractivity contribution in [3.8, 4) is 0 Å². The van der Waals surface area contributed by atoms with Gasteiger partial charge >= 0.3 is 0 Å². The average molecular weight is 330 g/mol. The van der Waals surface area contributed by atoms with E-state index in [0.717, 1.165) is 42.5 Å². The van der Waals surface area contributed by atoms with Gasteiger partial charge in [0.2, 0.25) is 5.91 Å². The van der Waals surface area contributed by atoms with Gasteiger partial charge in [0.15, 0.2) is 0 Å². The molecule has 0 spiro atoms. The molecule has 0 bridgehead atoms. The van der Waals surface area contributed by atoms with Crippen LogP contribution in [0.1, 0.15) is 11.6 Å². The summed E-state index contributed by atoms with van der Waals surface area (Å²) in [6.45, 7) is 3.26. The number of hydrogen-bond donors (Lipinski definition) is 1. The van der Waals surface area contributed by atoms with Crippen molar-refractivity contribution in [2.75, 3.05) is 31.1 Å². The van der Waals surface area contributed by atoms with Gasteiger partial charge in [0.25, 0.3) is 0 Å². The lowest BCUT2D eigenvalue weighted by Gasteiger charge is -2.39. The molecule has 2 N–H and O–H groups in total. The van der Waals surface area contributed by atoms with Crippen LogP contribution in [0.4, 0.5) is 5.69 Å². The average Bonchev–Trinajstić information content (AvgIpc) is 2.56. The molecule has 1 aliphatic heterocycles. The molecule has 1 saturated heterocycles. The molecule has 5 heteroatoms. The maximum atomic E-state index is 11.9. The molecule has 1 atom stereocenters. The van der Waals surface area contributed by atoms with Crippen LogP contribution in [0.5, 0.6) is 0 Å². The van der Waals surface area contributed by atoms with Gasteiger partial charge < -0.3 is 10.6 Å². The highest BCUT2D eigenvalue weighted by Gasteiger charge is 2.28. The standard InChI is InChI=1S/C18H20ClN3O/c19-15-7-4-8-16(13-15)21-9-11-22(12-10-21)17(18(20)23)14-5-2-1-3-6-14/h1-8,13,17H,9-12H2,(H2,20,23)/t17-/m0/s1. The lowest BCUT2D eigenvalue weighted by Crippen LogP contribution is -2.50. The fourth-order valence-electron chi connectivity index (χ4n) is 3.10. The van der Waals surface area contributed by atoms with E-state index < -0.39 is 0 Å². The third-order valence-corrected chi connectivity index (χ3v) is 4.47. The van der Waals surface area contributed by atoms with Crippen molar-refractivity contribution in [3.63, 3.8) is 0 Å². The molecule has 4 nitrogen and oxygen atoms in total. The molecule has 1 aliphatic rings. The second-order valence-corrected chi connectivity index (χ2v) is 6.15. The van der Waals surface area contributed by atoms with E-state index in [1.807, 2.05) is 48.5 Å². The Labute approximate surface area is 141 Å². The van der Waals surface area contributed by atoms with E-state index in [4.69, 9.17) is 17.3 Å². The highest BCUT2D eigenvalue weighted by molar-refractivity contribution is 6.30. The minimum Gasteiger partial charge on any atom is -0.369 e. The normalized spacial score (nSPS) is 17.0. The zero-order valence-corrected chi connectivity index (χ0v) is 13.6. The monoisotopic (exact) mass is 329 g/mol. The van der Waals surface area contributed by atoms with Crippen molar-refractivity contribution in [2.24, 2.45) is 5.73 Å². The van der Waals surface area contributed by atoms with Crippen molar-refractivity contribution in [1.82, 2.24) is 4.90 Å². The first-order valence-electron chi connectivity index (χ1n) is 7.74. The number of piperazine rings is 1. The van der Waals surface area contributed by atoms with Gasteiger partial charge in [0.05, 0.1) is 0 Å². The zero-order chi connectivity index (χ0) is 16.2. The maximum absolute atomic E-state index is 11.9. The summed E-state index contributed by atoms with van der Waals surface area (Å²) >= 11 is 6.07. The van der Waals surface area contributed by atoms with Gasteiger partial charge in [-0.05, 0) is 23.8 Å². The van der Waals surface area contributed by atoms with Gasteiger partial charge in [-0.2, -0.15) is 0 Å². The number of hydrogen-bond acceptors (Lipinski definition) is 3. The number of rotatable bonds is 4. The Morgan fingerprint density at radius 3 is 2.30 bits per heavy atom. The van der Waals surface area contributed by atoms with Crippen LogP contribution in [0.3, 0.4) is 0 Å². The van der Waals surface area contributed by atoms with Gasteiger partial charge in [0, 0.05) is 36.9 Å². The summed E-state index contributed by atoms with van der Waals surface area (Å²) in [7, 11) is 0. The Kier molecular flexibility index (Phi) is 4.84. The van der Waals surface area contributed by atoms with Crippen molar-refractivity contribution in [2.45, 2.75) is 6.04 Å². The van der Waals surface area contributed by atoms with Crippen molar-refractivity contribution in [1.29, 1.82) is 0 Å². The molecule has 1 fully saturated rings. The van der Waals surface area contributed by atoms with Crippen LogP contribution in [0.25, 0.3) is 0 Å². The molecule has 0 aliphatic carbocycles. The second-order valence-electron chi connectivity index (χ2n) is 5.72. The molecule has 1 heterocycles. The smallest absolute Gasteiger partial charge is 0.239 e. The van der Waals surface area contributed by atoms with Crippen LogP contribution in [0.15, 0.2) is 54.6 Å². The Balaban J connectivity index is 1.71. The number of primary amides is 1. The van der Waals surface area contributed by atoms with E-state index >= 15 is 0 Å². The Morgan fingerprint density at radius 1 is 1.00 bits per heavy atom. The predicted molar refractivity (Wildman–Crippen MR) is 93.6 cm³/mol. The maximum Gasteiger partial charge on any atom is 0.239 e. The largest absolute Gasteiger partial charge is 0.369 e. The number of halogens is 1. The molecule has 23 heavy (non-hydrogen) atoms. The fourth-order valence-corrected chi connectivity index (χ4v) is 3.29. The molecule has 0 saturated carbocycles. The molecule has 0 radical (unpaired) electrons. The van der Waals surface area contributed by atoms with Gasteiger partial charge in [0.1, 0.15) is 6.04 Å². The van der Waals surface area contributed by atoms with Crippen LogP contribution in [0, 0.1) is 0 Å². The summed E-state index contributed by atoms with van der Waals surface area (Å²) in [5.41, 5.74) is 7.73. The third kappa shape index (κ3) is 3.66. The van der Waals surface area contributed by atoms with E-state index in [1.54, 1.807) is 0 Å². The van der Waals surface area contributed by atoms with Crippen LogP contribution >= 0.6 is 11.6 Å². The molecule has 2 aromatic carbocycles. The molecule has 120 valence electrons. The molecule has 0 unspecified atom stereocenters. The Bertz CT molecular complexity index is 669. The SMILES string of the molecule is NC(=O)[C@H](c1ccccc1)N1CCN(c2cccc(Cl)c2)CC1. The topological polar surface area (TPSA) is 49.6 Å². The Morgan fingerprint density at radius 2 is 1.70 bits per heavy atom. The van der Waals surface area contributed by atoms with E-state index in [-0.39, 0.29) is 11.9 Å². The minimum atomic E-state index is -0.363. The van der Waals surface area contributed by atoms with E-state index in [2.05, 4.69) is 15.9 Å². The molecule has 3 rings (SSSR count). The minimum absolute atomic E-state index is 0.299. The highest BCUT2D eigenvalue weighted by Crippen LogP contribution is 2.25. The first-order chi connectivity index (χ1) is 11.1. The summed E-state index contributed by atoms with van der Waals surface area (Å²) in [6, 6.07) is 17.2. The number of benzene rings is 2. The predicted octanol–water partition coefficient (Wildman–Crippen LogP) is 2.69. The lowest BCUT2D eigenvalue weighted by atomic mass is 10.0. The molecule has 0 aromatic heterocycles. The Hall–Kier alpha value is -2.04. The van der Waals surface area contributed by atoms with Gasteiger partial charge in [-0.15, -0.1) is 0 Å². The summed E-state index contributed by atoms with van der Waals surface area (Å²) in [5.74, 6) is -0.299.